The van der Waals surface area contributed by atoms with Crippen LogP contribution in [0, 0.1) is 0 Å². The summed E-state index contributed by atoms with van der Waals surface area (Å²) in [6.45, 7) is 1.73. The minimum Gasteiger partial charge on any atom is -0.389 e. The van der Waals surface area contributed by atoms with E-state index >= 15 is 0 Å². The molecule has 1 aromatic carbocycles. The SMILES string of the molecule is C[C@H](O)c1ccc(Sc2nc(N)cc(N)n2)cc1. The fourth-order valence-corrected chi connectivity index (χ4v) is 2.21. The van der Waals surface area contributed by atoms with Crippen LogP contribution < -0.4 is 11.5 Å². The van der Waals surface area contributed by atoms with Crippen LogP contribution in [0.3, 0.4) is 0 Å². The van der Waals surface area contributed by atoms with E-state index in [-0.39, 0.29) is 0 Å². The second-order valence-corrected chi connectivity index (χ2v) is 4.89. The van der Waals surface area contributed by atoms with Gasteiger partial charge in [-0.2, -0.15) is 0 Å². The van der Waals surface area contributed by atoms with Crippen molar-refractivity contribution in [3.05, 3.63) is 35.9 Å². The van der Waals surface area contributed by atoms with Gasteiger partial charge in [0, 0.05) is 11.0 Å². The molecule has 0 bridgehead atoms. The third-order valence-electron chi connectivity index (χ3n) is 2.32. The van der Waals surface area contributed by atoms with Crippen LogP contribution >= 0.6 is 11.8 Å². The van der Waals surface area contributed by atoms with Crippen LogP contribution in [-0.2, 0) is 0 Å². The van der Waals surface area contributed by atoms with E-state index in [0.717, 1.165) is 10.5 Å². The predicted octanol–water partition coefficient (Wildman–Crippen LogP) is 1.85. The molecule has 6 heteroatoms. The Morgan fingerprint density at radius 3 is 2.17 bits per heavy atom. The lowest BCUT2D eigenvalue weighted by Crippen LogP contribution is -1.99. The largest absolute Gasteiger partial charge is 0.389 e. The molecule has 0 saturated heterocycles. The van der Waals surface area contributed by atoms with Gasteiger partial charge in [0.25, 0.3) is 0 Å². The summed E-state index contributed by atoms with van der Waals surface area (Å²) in [5.41, 5.74) is 12.1. The maximum absolute atomic E-state index is 9.41. The van der Waals surface area contributed by atoms with E-state index in [2.05, 4.69) is 9.97 Å². The lowest BCUT2D eigenvalue weighted by Gasteiger charge is -2.06. The van der Waals surface area contributed by atoms with Crippen molar-refractivity contribution in [1.29, 1.82) is 0 Å². The molecule has 2 rings (SSSR count). The average Bonchev–Trinajstić information content (AvgIpc) is 2.28. The Morgan fingerprint density at radius 2 is 1.67 bits per heavy atom. The second-order valence-electron chi connectivity index (χ2n) is 3.85. The number of aromatic nitrogens is 2. The van der Waals surface area contributed by atoms with Gasteiger partial charge in [-0.15, -0.1) is 0 Å². The minimum atomic E-state index is -0.469. The highest BCUT2D eigenvalue weighted by Gasteiger charge is 2.05. The Morgan fingerprint density at radius 1 is 1.11 bits per heavy atom. The summed E-state index contributed by atoms with van der Waals surface area (Å²) in [6, 6.07) is 9.04. The Hall–Kier alpha value is -1.79. The fourth-order valence-electron chi connectivity index (χ4n) is 1.43. The third-order valence-corrected chi connectivity index (χ3v) is 3.19. The smallest absolute Gasteiger partial charge is 0.196 e. The van der Waals surface area contributed by atoms with Crippen molar-refractivity contribution in [2.24, 2.45) is 0 Å². The quantitative estimate of drug-likeness (QED) is 0.730. The fraction of sp³-hybridized carbons (Fsp3) is 0.167. The molecule has 0 saturated carbocycles. The minimum absolute atomic E-state index is 0.352. The van der Waals surface area contributed by atoms with Gasteiger partial charge in [0.15, 0.2) is 5.16 Å². The van der Waals surface area contributed by atoms with E-state index in [1.807, 2.05) is 24.3 Å². The van der Waals surface area contributed by atoms with Crippen molar-refractivity contribution in [1.82, 2.24) is 9.97 Å². The zero-order valence-electron chi connectivity index (χ0n) is 9.87. The number of hydrogen-bond donors (Lipinski definition) is 3. The maximum atomic E-state index is 9.41. The van der Waals surface area contributed by atoms with Gasteiger partial charge in [0.05, 0.1) is 6.10 Å². The molecule has 0 fully saturated rings. The predicted molar refractivity (Wildman–Crippen MR) is 72.1 cm³/mol. The maximum Gasteiger partial charge on any atom is 0.196 e. The topological polar surface area (TPSA) is 98.0 Å². The van der Waals surface area contributed by atoms with Crippen molar-refractivity contribution >= 4 is 23.4 Å². The number of anilines is 2. The van der Waals surface area contributed by atoms with Crippen LogP contribution in [0.5, 0.6) is 0 Å². The Bertz CT molecular complexity index is 522. The molecule has 18 heavy (non-hydrogen) atoms. The number of aliphatic hydroxyl groups is 1. The number of nitrogens with two attached hydrogens (primary N) is 2. The molecule has 2 aromatic rings. The molecule has 0 amide bonds. The molecule has 1 atom stereocenters. The zero-order chi connectivity index (χ0) is 13.1. The van der Waals surface area contributed by atoms with Gasteiger partial charge in [-0.25, -0.2) is 9.97 Å². The van der Waals surface area contributed by atoms with Gasteiger partial charge < -0.3 is 16.6 Å². The van der Waals surface area contributed by atoms with Crippen molar-refractivity contribution in [3.8, 4) is 0 Å². The molecule has 94 valence electrons. The zero-order valence-corrected chi connectivity index (χ0v) is 10.7. The van der Waals surface area contributed by atoms with E-state index in [1.54, 1.807) is 6.92 Å². The van der Waals surface area contributed by atoms with Crippen LogP contribution in [-0.4, -0.2) is 15.1 Å². The number of aliphatic hydroxyl groups excluding tert-OH is 1. The van der Waals surface area contributed by atoms with Crippen molar-refractivity contribution in [3.63, 3.8) is 0 Å². The van der Waals surface area contributed by atoms with Gasteiger partial charge >= 0.3 is 0 Å². The number of rotatable bonds is 3. The third kappa shape index (κ3) is 3.12. The summed E-state index contributed by atoms with van der Waals surface area (Å²) >= 11 is 1.37. The normalized spacial score (nSPS) is 12.3. The molecule has 0 aliphatic rings. The van der Waals surface area contributed by atoms with Gasteiger partial charge in [-0.05, 0) is 36.4 Å². The summed E-state index contributed by atoms with van der Waals surface area (Å²) in [7, 11) is 0. The van der Waals surface area contributed by atoms with Crippen LogP contribution in [0.4, 0.5) is 11.6 Å². The van der Waals surface area contributed by atoms with Crippen molar-refractivity contribution < 1.29 is 5.11 Å². The van der Waals surface area contributed by atoms with E-state index in [1.165, 1.54) is 17.8 Å². The monoisotopic (exact) mass is 262 g/mol. The molecule has 0 aliphatic heterocycles. The van der Waals surface area contributed by atoms with Gasteiger partial charge in [-0.1, -0.05) is 12.1 Å². The summed E-state index contributed by atoms with van der Waals surface area (Å²) in [5.74, 6) is 0.705. The molecular weight excluding hydrogens is 248 g/mol. The molecule has 0 spiro atoms. The summed E-state index contributed by atoms with van der Waals surface area (Å²) < 4.78 is 0. The highest BCUT2D eigenvalue weighted by atomic mass is 32.2. The summed E-state index contributed by atoms with van der Waals surface area (Å²) in [5, 5.41) is 9.92. The van der Waals surface area contributed by atoms with Gasteiger partial charge in [0.2, 0.25) is 0 Å². The lowest BCUT2D eigenvalue weighted by molar-refractivity contribution is 0.199. The van der Waals surface area contributed by atoms with Crippen LogP contribution in [0.1, 0.15) is 18.6 Å². The van der Waals surface area contributed by atoms with Crippen LogP contribution in [0.25, 0.3) is 0 Å². The molecule has 5 N–H and O–H groups in total. The Kier molecular flexibility index (Phi) is 3.69. The molecular formula is C12H14N4OS. The number of hydrogen-bond acceptors (Lipinski definition) is 6. The summed E-state index contributed by atoms with van der Waals surface area (Å²) in [4.78, 5) is 9.14. The highest BCUT2D eigenvalue weighted by molar-refractivity contribution is 7.99. The first kappa shape index (κ1) is 12.7. The first-order valence-corrected chi connectivity index (χ1v) is 6.22. The van der Waals surface area contributed by atoms with Gasteiger partial charge in [-0.3, -0.25) is 0 Å². The van der Waals surface area contributed by atoms with Crippen molar-refractivity contribution in [2.45, 2.75) is 23.1 Å². The van der Waals surface area contributed by atoms with E-state index < -0.39 is 6.10 Å². The van der Waals surface area contributed by atoms with Crippen LogP contribution in [0.15, 0.2) is 40.4 Å². The van der Waals surface area contributed by atoms with E-state index in [4.69, 9.17) is 11.5 Å². The number of benzene rings is 1. The standard InChI is InChI=1S/C12H14N4OS/c1-7(17)8-2-4-9(5-3-8)18-12-15-10(13)6-11(14)16-12/h2-7,17H,1H3,(H4,13,14,15,16)/t7-/m0/s1. The van der Waals surface area contributed by atoms with E-state index in [9.17, 15) is 5.11 Å². The molecule has 1 heterocycles. The summed E-state index contributed by atoms with van der Waals surface area (Å²) in [6.07, 6.45) is -0.469. The first-order chi connectivity index (χ1) is 8.54. The Balaban J connectivity index is 2.18. The molecule has 0 radical (unpaired) electrons. The van der Waals surface area contributed by atoms with E-state index in [0.29, 0.717) is 16.8 Å². The highest BCUT2D eigenvalue weighted by Crippen LogP contribution is 2.27. The average molecular weight is 262 g/mol. The Labute approximate surface area is 109 Å². The van der Waals surface area contributed by atoms with Crippen molar-refractivity contribution in [2.75, 3.05) is 11.5 Å². The first-order valence-electron chi connectivity index (χ1n) is 5.40. The lowest BCUT2D eigenvalue weighted by atomic mass is 10.1. The van der Waals surface area contributed by atoms with Crippen LogP contribution in [0.2, 0.25) is 0 Å². The number of nitrogens with zero attached hydrogens (tertiary/aromatic N) is 2. The molecule has 5 nitrogen and oxygen atoms in total. The number of nitrogen functional groups attached to an aromatic ring is 2. The molecule has 1 aromatic heterocycles. The molecule has 0 unspecified atom stereocenters. The van der Waals surface area contributed by atoms with Gasteiger partial charge in [0.1, 0.15) is 11.6 Å². The second kappa shape index (κ2) is 5.24. The molecule has 0 aliphatic carbocycles.